The Kier molecular flexibility index (Phi) is 5.94. The van der Waals surface area contributed by atoms with Crippen LogP contribution in [-0.4, -0.2) is 56.8 Å². The van der Waals surface area contributed by atoms with Crippen LogP contribution < -0.4 is 5.32 Å². The molecule has 1 unspecified atom stereocenters. The van der Waals surface area contributed by atoms with E-state index in [9.17, 15) is 4.79 Å². The molecule has 0 bridgehead atoms. The largest absolute Gasteiger partial charge is 0.369 e. The lowest BCUT2D eigenvalue weighted by atomic mass is 10.1. The first-order chi connectivity index (χ1) is 14.4. The van der Waals surface area contributed by atoms with E-state index in [2.05, 4.69) is 26.4 Å². The molecule has 3 aromatic rings. The van der Waals surface area contributed by atoms with Gasteiger partial charge in [0, 0.05) is 42.5 Å². The van der Waals surface area contributed by atoms with Crippen LogP contribution in [0.4, 0.5) is 5.13 Å². The van der Waals surface area contributed by atoms with Crippen molar-refractivity contribution in [3.63, 3.8) is 0 Å². The van der Waals surface area contributed by atoms with Gasteiger partial charge in [-0.05, 0) is 38.5 Å². The normalized spacial score (nSPS) is 17.3. The second-order valence-corrected chi connectivity index (χ2v) is 8.83. The highest BCUT2D eigenvalue weighted by molar-refractivity contribution is 7.15. The third-order valence-electron chi connectivity index (χ3n) is 5.13. The van der Waals surface area contributed by atoms with Gasteiger partial charge in [-0.2, -0.15) is 5.10 Å². The number of amides is 1. The van der Waals surface area contributed by atoms with Gasteiger partial charge in [0.25, 0.3) is 0 Å². The molecule has 1 saturated heterocycles. The molecule has 1 aliphatic rings. The van der Waals surface area contributed by atoms with Crippen molar-refractivity contribution in [1.82, 2.24) is 24.6 Å². The van der Waals surface area contributed by atoms with Crippen molar-refractivity contribution in [3.8, 4) is 11.1 Å². The summed E-state index contributed by atoms with van der Waals surface area (Å²) in [4.78, 5) is 24.8. The number of rotatable bonds is 5. The molecule has 4 rings (SSSR count). The fourth-order valence-corrected chi connectivity index (χ4v) is 4.34. The van der Waals surface area contributed by atoms with Gasteiger partial charge >= 0.3 is 0 Å². The van der Waals surface area contributed by atoms with Crippen molar-refractivity contribution in [2.24, 2.45) is 7.05 Å². The number of aryl methyl sites for hydroxylation is 4. The molecule has 1 aliphatic heterocycles. The van der Waals surface area contributed by atoms with E-state index < -0.39 is 0 Å². The van der Waals surface area contributed by atoms with E-state index in [1.807, 2.05) is 46.3 Å². The number of nitrogens with one attached hydrogen (secondary N) is 1. The number of aromatic nitrogens is 4. The minimum absolute atomic E-state index is 0.0577. The summed E-state index contributed by atoms with van der Waals surface area (Å²) in [5, 5.41) is 7.82. The van der Waals surface area contributed by atoms with Crippen molar-refractivity contribution in [2.45, 2.75) is 26.9 Å². The van der Waals surface area contributed by atoms with Gasteiger partial charge in [-0.15, -0.1) is 11.3 Å². The molecule has 30 heavy (non-hydrogen) atoms. The first kappa shape index (κ1) is 20.6. The molecule has 0 aliphatic carbocycles. The summed E-state index contributed by atoms with van der Waals surface area (Å²) in [5.74, 6) is -0.0577. The van der Waals surface area contributed by atoms with Gasteiger partial charge in [0.1, 0.15) is 6.10 Å². The summed E-state index contributed by atoms with van der Waals surface area (Å²) in [7, 11) is 1.90. The smallest absolute Gasteiger partial charge is 0.240 e. The van der Waals surface area contributed by atoms with Crippen LogP contribution in [0, 0.1) is 20.8 Å². The monoisotopic (exact) mass is 426 g/mol. The zero-order valence-electron chi connectivity index (χ0n) is 17.7. The van der Waals surface area contributed by atoms with Crippen LogP contribution in [-0.2, 0) is 16.6 Å². The Labute approximate surface area is 179 Å². The highest BCUT2D eigenvalue weighted by atomic mass is 32.1. The average molecular weight is 427 g/mol. The summed E-state index contributed by atoms with van der Waals surface area (Å²) >= 11 is 1.50. The molecule has 0 spiro atoms. The summed E-state index contributed by atoms with van der Waals surface area (Å²) in [5.41, 5.74) is 4.88. The molecule has 1 amide bonds. The Morgan fingerprint density at radius 2 is 2.10 bits per heavy atom. The Bertz CT molecular complexity index is 1040. The molecular weight excluding hydrogens is 400 g/mol. The summed E-state index contributed by atoms with van der Waals surface area (Å²) in [6.07, 6.45) is 3.66. The van der Waals surface area contributed by atoms with Crippen LogP contribution in [0.15, 0.2) is 24.5 Å². The summed E-state index contributed by atoms with van der Waals surface area (Å²) in [6, 6.07) is 4.10. The molecule has 1 fully saturated rings. The van der Waals surface area contributed by atoms with Gasteiger partial charge in [0.15, 0.2) is 5.13 Å². The SMILES string of the molecule is Cc1cc(-c2cnn(C)c2)cc(C2CN(CC(=O)Nc3nc(C)c(C)s3)CCO2)n1. The predicted molar refractivity (Wildman–Crippen MR) is 117 cm³/mol. The Hall–Kier alpha value is -2.62. The van der Waals surface area contributed by atoms with Crippen LogP contribution in [0.25, 0.3) is 11.1 Å². The van der Waals surface area contributed by atoms with E-state index in [0.29, 0.717) is 31.4 Å². The van der Waals surface area contributed by atoms with E-state index in [1.165, 1.54) is 11.3 Å². The van der Waals surface area contributed by atoms with Crippen molar-refractivity contribution in [2.75, 3.05) is 31.6 Å². The molecule has 0 saturated carbocycles. The van der Waals surface area contributed by atoms with Crippen molar-refractivity contribution >= 4 is 22.4 Å². The van der Waals surface area contributed by atoms with E-state index >= 15 is 0 Å². The predicted octanol–water partition coefficient (Wildman–Crippen LogP) is 2.88. The maximum Gasteiger partial charge on any atom is 0.240 e. The zero-order valence-corrected chi connectivity index (χ0v) is 18.5. The fraction of sp³-hybridized carbons (Fsp3) is 0.429. The Morgan fingerprint density at radius 1 is 1.27 bits per heavy atom. The Morgan fingerprint density at radius 3 is 2.80 bits per heavy atom. The molecule has 8 nitrogen and oxygen atoms in total. The first-order valence-electron chi connectivity index (χ1n) is 9.93. The minimum atomic E-state index is -0.175. The molecule has 1 N–H and O–H groups in total. The zero-order chi connectivity index (χ0) is 21.3. The highest BCUT2D eigenvalue weighted by Crippen LogP contribution is 2.27. The van der Waals surface area contributed by atoms with Gasteiger partial charge in [0.2, 0.25) is 5.91 Å². The highest BCUT2D eigenvalue weighted by Gasteiger charge is 2.25. The molecule has 1 atom stereocenters. The van der Waals surface area contributed by atoms with E-state index in [0.717, 1.165) is 33.1 Å². The van der Waals surface area contributed by atoms with Crippen molar-refractivity contribution in [1.29, 1.82) is 0 Å². The number of nitrogens with zero attached hydrogens (tertiary/aromatic N) is 5. The van der Waals surface area contributed by atoms with E-state index in [4.69, 9.17) is 9.72 Å². The van der Waals surface area contributed by atoms with Gasteiger partial charge in [-0.3, -0.25) is 19.4 Å². The quantitative estimate of drug-likeness (QED) is 0.675. The lowest BCUT2D eigenvalue weighted by Gasteiger charge is -2.32. The molecule has 0 aromatic carbocycles. The molecule has 9 heteroatoms. The molecule has 0 radical (unpaired) electrons. The first-order valence-corrected chi connectivity index (χ1v) is 10.7. The molecule has 4 heterocycles. The van der Waals surface area contributed by atoms with Crippen LogP contribution >= 0.6 is 11.3 Å². The Balaban J connectivity index is 1.43. The summed E-state index contributed by atoms with van der Waals surface area (Å²) in [6.45, 7) is 8.12. The number of carbonyl (C=O) groups excluding carboxylic acids is 1. The standard InChI is InChI=1S/C21H26N6O2S/c1-13-7-16(17-9-22-26(4)10-17)8-18(23-13)19-11-27(5-6-29-19)12-20(28)25-21-24-14(2)15(3)30-21/h7-10,19H,5-6,11-12H2,1-4H3,(H,24,25,28). The lowest BCUT2D eigenvalue weighted by molar-refractivity contribution is -0.119. The van der Waals surface area contributed by atoms with Crippen LogP contribution in [0.3, 0.4) is 0 Å². The van der Waals surface area contributed by atoms with Crippen LogP contribution in [0.5, 0.6) is 0 Å². The number of morpholine rings is 1. The number of hydrogen-bond acceptors (Lipinski definition) is 7. The fourth-order valence-electron chi connectivity index (χ4n) is 3.51. The van der Waals surface area contributed by atoms with Gasteiger partial charge in [-0.25, -0.2) is 4.98 Å². The van der Waals surface area contributed by atoms with E-state index in [-0.39, 0.29) is 12.0 Å². The maximum absolute atomic E-state index is 12.5. The van der Waals surface area contributed by atoms with Gasteiger partial charge in [0.05, 0.1) is 30.7 Å². The number of thiazole rings is 1. The third-order valence-corrected chi connectivity index (χ3v) is 6.12. The number of pyridine rings is 1. The van der Waals surface area contributed by atoms with Crippen molar-refractivity contribution < 1.29 is 9.53 Å². The number of hydrogen-bond donors (Lipinski definition) is 1. The number of carbonyl (C=O) groups is 1. The average Bonchev–Trinajstić information content (AvgIpc) is 3.26. The summed E-state index contributed by atoms with van der Waals surface area (Å²) < 4.78 is 7.78. The van der Waals surface area contributed by atoms with Gasteiger partial charge < -0.3 is 10.1 Å². The second-order valence-electron chi connectivity index (χ2n) is 7.63. The second kappa shape index (κ2) is 8.63. The number of ether oxygens (including phenoxy) is 1. The lowest BCUT2D eigenvalue weighted by Crippen LogP contribution is -2.42. The molecule has 158 valence electrons. The number of anilines is 1. The third kappa shape index (κ3) is 4.75. The van der Waals surface area contributed by atoms with Crippen LogP contribution in [0.1, 0.15) is 28.1 Å². The molecule has 3 aromatic heterocycles. The topological polar surface area (TPSA) is 85.2 Å². The maximum atomic E-state index is 12.5. The van der Waals surface area contributed by atoms with E-state index in [1.54, 1.807) is 4.68 Å². The van der Waals surface area contributed by atoms with Crippen LogP contribution in [0.2, 0.25) is 0 Å². The van der Waals surface area contributed by atoms with Crippen molar-refractivity contribution in [3.05, 3.63) is 46.5 Å². The molecular formula is C21H26N6O2S. The minimum Gasteiger partial charge on any atom is -0.369 e. The van der Waals surface area contributed by atoms with Gasteiger partial charge in [-0.1, -0.05) is 0 Å².